The average Bonchev–Trinajstić information content (AvgIpc) is 3.62. The maximum Gasteiger partial charge on any atom is 0.287 e. The lowest BCUT2D eigenvalue weighted by Crippen LogP contribution is -2.60. The van der Waals surface area contributed by atoms with E-state index in [0.717, 1.165) is 60.6 Å². The van der Waals surface area contributed by atoms with Gasteiger partial charge in [0, 0.05) is 11.6 Å². The fourth-order valence-electron chi connectivity index (χ4n) is 5.56. The minimum absolute atomic E-state index is 0.171. The second kappa shape index (κ2) is 9.36. The molecule has 2 saturated carbocycles. The number of carbonyl (C=O) groups is 2. The van der Waals surface area contributed by atoms with E-state index in [9.17, 15) is 14.7 Å². The molecular weight excluding hydrogens is 482 g/mol. The van der Waals surface area contributed by atoms with Gasteiger partial charge in [-0.05, 0) is 54.5 Å². The summed E-state index contributed by atoms with van der Waals surface area (Å²) < 4.78 is 11.1. The molecule has 8 nitrogen and oxygen atoms in total. The van der Waals surface area contributed by atoms with E-state index in [4.69, 9.17) is 14.6 Å². The van der Waals surface area contributed by atoms with Gasteiger partial charge in [-0.25, -0.2) is 0 Å². The van der Waals surface area contributed by atoms with Gasteiger partial charge in [0.15, 0.2) is 5.76 Å². The summed E-state index contributed by atoms with van der Waals surface area (Å²) in [6, 6.07) is 15.2. The van der Waals surface area contributed by atoms with Crippen molar-refractivity contribution in [2.75, 3.05) is 13.2 Å². The predicted molar refractivity (Wildman–Crippen MR) is 143 cm³/mol. The molecular formula is C30H33N3O5. The molecule has 8 heteroatoms. The first-order valence-corrected chi connectivity index (χ1v) is 13.5. The normalized spacial score (nSPS) is 21.1. The number of furan rings is 1. The molecule has 1 saturated heterocycles. The van der Waals surface area contributed by atoms with Gasteiger partial charge < -0.3 is 30.3 Å². The zero-order valence-corrected chi connectivity index (χ0v) is 21.3. The van der Waals surface area contributed by atoms with E-state index >= 15 is 0 Å². The largest absolute Gasteiger partial charge is 0.451 e. The van der Waals surface area contributed by atoms with Crippen LogP contribution in [-0.2, 0) is 15.1 Å². The van der Waals surface area contributed by atoms with Crippen molar-refractivity contribution in [3.05, 3.63) is 59.9 Å². The molecule has 3 aliphatic rings. The Morgan fingerprint density at radius 2 is 1.55 bits per heavy atom. The summed E-state index contributed by atoms with van der Waals surface area (Å²) in [5.74, 6) is -0.433. The molecule has 3 aromatic rings. The van der Waals surface area contributed by atoms with Crippen LogP contribution >= 0.6 is 0 Å². The van der Waals surface area contributed by atoms with E-state index in [1.807, 2.05) is 42.5 Å². The first kappa shape index (κ1) is 24.8. The Labute approximate surface area is 221 Å². The first-order chi connectivity index (χ1) is 18.3. The number of hydrogen-bond acceptors (Lipinski definition) is 6. The van der Waals surface area contributed by atoms with Gasteiger partial charge in [0.2, 0.25) is 5.91 Å². The van der Waals surface area contributed by atoms with Crippen LogP contribution in [0.2, 0.25) is 0 Å². The molecule has 4 N–H and O–H groups in total. The van der Waals surface area contributed by atoms with Crippen molar-refractivity contribution in [1.82, 2.24) is 10.6 Å². The molecule has 1 aromatic heterocycles. The number of hydrogen-bond donors (Lipinski definition) is 4. The third kappa shape index (κ3) is 4.52. The summed E-state index contributed by atoms with van der Waals surface area (Å²) in [6.45, 7) is 0.615. The van der Waals surface area contributed by atoms with Crippen molar-refractivity contribution >= 4 is 29.0 Å². The Bertz CT molecular complexity index is 1380. The van der Waals surface area contributed by atoms with Crippen molar-refractivity contribution in [3.63, 3.8) is 0 Å². The number of amides is 2. The molecule has 0 radical (unpaired) electrons. The number of rotatable bonds is 7. The third-order valence-electron chi connectivity index (χ3n) is 8.35. The Morgan fingerprint density at radius 3 is 2.16 bits per heavy atom. The zero-order chi connectivity index (χ0) is 26.4. The van der Waals surface area contributed by atoms with Crippen LogP contribution in [0.4, 0.5) is 0 Å². The Balaban J connectivity index is 1.23. The SMILES string of the molecule is N=CC1(NC(=O)C2(NC(=O)c3cc4ccc(-c5ccc(C6(O)COC6)cc5)cc4o3)CCCCCC2)CC1. The second-order valence-corrected chi connectivity index (χ2v) is 11.2. The summed E-state index contributed by atoms with van der Waals surface area (Å²) >= 11 is 0. The van der Waals surface area contributed by atoms with Crippen molar-refractivity contribution in [2.24, 2.45) is 0 Å². The van der Waals surface area contributed by atoms with Crippen LogP contribution in [0, 0.1) is 5.41 Å². The number of ether oxygens (including phenoxy) is 1. The first-order valence-electron chi connectivity index (χ1n) is 13.5. The van der Waals surface area contributed by atoms with Crippen molar-refractivity contribution < 1.29 is 23.8 Å². The summed E-state index contributed by atoms with van der Waals surface area (Å²) in [7, 11) is 0. The third-order valence-corrected chi connectivity index (χ3v) is 8.35. The molecule has 6 rings (SSSR count). The molecule has 0 unspecified atom stereocenters. The highest BCUT2D eigenvalue weighted by molar-refractivity contribution is 6.01. The quantitative estimate of drug-likeness (QED) is 0.274. The number of aliphatic hydroxyl groups is 1. The molecule has 0 bridgehead atoms. The lowest BCUT2D eigenvalue weighted by molar-refractivity contribution is -0.184. The molecule has 3 fully saturated rings. The Hall–Kier alpha value is -3.49. The predicted octanol–water partition coefficient (Wildman–Crippen LogP) is 4.44. The highest BCUT2D eigenvalue weighted by atomic mass is 16.5. The number of fused-ring (bicyclic) bond motifs is 1. The fourth-order valence-corrected chi connectivity index (χ4v) is 5.56. The Kier molecular flexibility index (Phi) is 6.12. The van der Waals surface area contributed by atoms with E-state index in [1.165, 1.54) is 6.21 Å². The van der Waals surface area contributed by atoms with E-state index < -0.39 is 22.6 Å². The standard InChI is InChI=1S/C30H33N3O5/c31-17-28(13-14-28)33-27(35)29(11-3-1-2-4-12-29)32-26(34)25-16-22-6-5-21(15-24(22)38-25)20-7-9-23(10-8-20)30(36)18-37-19-30/h5-10,15-17,31,36H,1-4,11-14,18-19H2,(H,32,34)(H,33,35). The molecule has 38 heavy (non-hydrogen) atoms. The lowest BCUT2D eigenvalue weighted by atomic mass is 9.88. The van der Waals surface area contributed by atoms with Gasteiger partial charge >= 0.3 is 0 Å². The molecule has 0 spiro atoms. The van der Waals surface area contributed by atoms with Crippen LogP contribution in [0.25, 0.3) is 22.1 Å². The van der Waals surface area contributed by atoms with Crippen LogP contribution in [-0.4, -0.2) is 47.4 Å². The number of benzene rings is 2. The van der Waals surface area contributed by atoms with Gasteiger partial charge in [-0.2, -0.15) is 0 Å². The molecule has 198 valence electrons. The number of carbonyl (C=O) groups excluding carboxylic acids is 2. The van der Waals surface area contributed by atoms with E-state index in [2.05, 4.69) is 10.6 Å². The summed E-state index contributed by atoms with van der Waals surface area (Å²) in [5, 5.41) is 25.1. The van der Waals surface area contributed by atoms with Gasteiger partial charge in [0.05, 0.1) is 18.8 Å². The molecule has 0 atom stereocenters. The smallest absolute Gasteiger partial charge is 0.287 e. The van der Waals surface area contributed by atoms with Crippen LogP contribution in [0.3, 0.4) is 0 Å². The van der Waals surface area contributed by atoms with Crippen molar-refractivity contribution in [1.29, 1.82) is 5.41 Å². The zero-order valence-electron chi connectivity index (χ0n) is 21.3. The van der Waals surface area contributed by atoms with Gasteiger partial charge in [-0.15, -0.1) is 0 Å². The molecule has 2 heterocycles. The average molecular weight is 516 g/mol. The van der Waals surface area contributed by atoms with Crippen LogP contribution < -0.4 is 10.6 Å². The highest BCUT2D eigenvalue weighted by Crippen LogP contribution is 2.36. The topological polar surface area (TPSA) is 125 Å². The van der Waals surface area contributed by atoms with Gasteiger partial charge in [0.1, 0.15) is 16.7 Å². The minimum atomic E-state index is -1.01. The maximum absolute atomic E-state index is 13.5. The summed E-state index contributed by atoms with van der Waals surface area (Å²) in [4.78, 5) is 26.9. The maximum atomic E-state index is 13.5. The van der Waals surface area contributed by atoms with E-state index in [1.54, 1.807) is 6.07 Å². The molecule has 2 aromatic carbocycles. The van der Waals surface area contributed by atoms with Gasteiger partial charge in [0.25, 0.3) is 5.91 Å². The van der Waals surface area contributed by atoms with Crippen molar-refractivity contribution in [3.8, 4) is 11.1 Å². The molecule has 2 amide bonds. The minimum Gasteiger partial charge on any atom is -0.451 e. The molecule has 2 aliphatic carbocycles. The van der Waals surface area contributed by atoms with Gasteiger partial charge in [-0.1, -0.05) is 62.1 Å². The number of nitrogens with one attached hydrogen (secondary N) is 3. The van der Waals surface area contributed by atoms with Gasteiger partial charge in [-0.3, -0.25) is 9.59 Å². The lowest BCUT2D eigenvalue weighted by Gasteiger charge is -2.36. The van der Waals surface area contributed by atoms with Crippen LogP contribution in [0.15, 0.2) is 52.9 Å². The highest BCUT2D eigenvalue weighted by Gasteiger charge is 2.48. The van der Waals surface area contributed by atoms with E-state index in [0.29, 0.717) is 31.6 Å². The molecule has 1 aliphatic heterocycles. The second-order valence-electron chi connectivity index (χ2n) is 11.2. The van der Waals surface area contributed by atoms with Crippen molar-refractivity contribution in [2.45, 2.75) is 68.0 Å². The monoisotopic (exact) mass is 515 g/mol. The van der Waals surface area contributed by atoms with Crippen LogP contribution in [0.5, 0.6) is 0 Å². The Morgan fingerprint density at radius 1 is 0.868 bits per heavy atom. The van der Waals surface area contributed by atoms with Crippen LogP contribution in [0.1, 0.15) is 67.5 Å². The van der Waals surface area contributed by atoms with E-state index in [-0.39, 0.29) is 11.7 Å². The summed E-state index contributed by atoms with van der Waals surface area (Å²) in [6.07, 6.45) is 7.75. The summed E-state index contributed by atoms with van der Waals surface area (Å²) in [5.41, 5.74) is 0.847. The fraction of sp³-hybridized carbons (Fsp3) is 0.433.